The van der Waals surface area contributed by atoms with Crippen molar-refractivity contribution >= 4 is 17.3 Å². The minimum Gasteiger partial charge on any atom is -0.373 e. The SMILES string of the molecule is CNCCN(C)c1ccc(C#N)c(Cl)c1. The topological polar surface area (TPSA) is 39.1 Å². The average Bonchev–Trinajstić information content (AvgIpc) is 2.25. The summed E-state index contributed by atoms with van der Waals surface area (Å²) in [6, 6.07) is 7.50. The number of nitriles is 1. The van der Waals surface area contributed by atoms with Gasteiger partial charge in [-0.2, -0.15) is 5.26 Å². The molecule has 0 spiro atoms. The molecule has 15 heavy (non-hydrogen) atoms. The quantitative estimate of drug-likeness (QED) is 0.847. The van der Waals surface area contributed by atoms with Crippen molar-refractivity contribution in [2.45, 2.75) is 0 Å². The third-order valence-corrected chi connectivity index (χ3v) is 2.52. The molecule has 4 heteroatoms. The van der Waals surface area contributed by atoms with E-state index in [9.17, 15) is 0 Å². The van der Waals surface area contributed by atoms with Crippen molar-refractivity contribution in [2.24, 2.45) is 0 Å². The maximum atomic E-state index is 8.73. The molecule has 1 N–H and O–H groups in total. The highest BCUT2D eigenvalue weighted by molar-refractivity contribution is 6.32. The van der Waals surface area contributed by atoms with Crippen LogP contribution >= 0.6 is 11.6 Å². The first-order chi connectivity index (χ1) is 7.19. The van der Waals surface area contributed by atoms with Gasteiger partial charge in [-0.3, -0.25) is 0 Å². The lowest BCUT2D eigenvalue weighted by molar-refractivity contribution is 0.768. The van der Waals surface area contributed by atoms with E-state index in [1.54, 1.807) is 6.07 Å². The number of likely N-dealkylation sites (N-methyl/N-ethyl adjacent to an activating group) is 2. The van der Waals surface area contributed by atoms with Gasteiger partial charge in [0.05, 0.1) is 10.6 Å². The minimum atomic E-state index is 0.506. The normalized spacial score (nSPS) is 9.73. The summed E-state index contributed by atoms with van der Waals surface area (Å²) in [7, 11) is 3.91. The molecule has 1 aromatic rings. The molecular weight excluding hydrogens is 210 g/mol. The molecule has 0 saturated carbocycles. The van der Waals surface area contributed by atoms with E-state index in [0.29, 0.717) is 10.6 Å². The number of nitrogens with one attached hydrogen (secondary N) is 1. The molecule has 3 nitrogen and oxygen atoms in total. The van der Waals surface area contributed by atoms with Gasteiger partial charge in [-0.05, 0) is 25.2 Å². The fraction of sp³-hybridized carbons (Fsp3) is 0.364. The molecular formula is C11H14ClN3. The summed E-state index contributed by atoms with van der Waals surface area (Å²) in [5.74, 6) is 0. The van der Waals surface area contributed by atoms with Crippen LogP contribution in [0.3, 0.4) is 0 Å². The first-order valence-electron chi connectivity index (χ1n) is 4.74. The van der Waals surface area contributed by atoms with Crippen LogP contribution in [0, 0.1) is 11.3 Å². The van der Waals surface area contributed by atoms with E-state index in [1.165, 1.54) is 0 Å². The molecule has 0 aliphatic rings. The lowest BCUT2D eigenvalue weighted by Crippen LogP contribution is -2.26. The third-order valence-electron chi connectivity index (χ3n) is 2.21. The zero-order valence-corrected chi connectivity index (χ0v) is 9.67. The van der Waals surface area contributed by atoms with Crippen LogP contribution < -0.4 is 10.2 Å². The molecule has 0 atom stereocenters. The predicted octanol–water partition coefficient (Wildman–Crippen LogP) is 1.87. The third kappa shape index (κ3) is 3.12. The van der Waals surface area contributed by atoms with Crippen molar-refractivity contribution in [3.05, 3.63) is 28.8 Å². The van der Waals surface area contributed by atoms with Crippen molar-refractivity contribution in [1.29, 1.82) is 5.26 Å². The maximum absolute atomic E-state index is 8.73. The van der Waals surface area contributed by atoms with Crippen LogP contribution in [0.1, 0.15) is 5.56 Å². The van der Waals surface area contributed by atoms with E-state index < -0.39 is 0 Å². The molecule has 0 bridgehead atoms. The number of anilines is 1. The van der Waals surface area contributed by atoms with Gasteiger partial charge >= 0.3 is 0 Å². The standard InChI is InChI=1S/C11H14ClN3/c1-14-5-6-15(2)10-4-3-9(8-13)11(12)7-10/h3-4,7,14H,5-6H2,1-2H3. The van der Waals surface area contributed by atoms with Gasteiger partial charge in [0, 0.05) is 25.8 Å². The second-order valence-electron chi connectivity index (χ2n) is 3.30. The number of nitrogens with zero attached hydrogens (tertiary/aromatic N) is 2. The van der Waals surface area contributed by atoms with Gasteiger partial charge in [-0.1, -0.05) is 11.6 Å². The largest absolute Gasteiger partial charge is 0.373 e. The highest BCUT2D eigenvalue weighted by Gasteiger charge is 2.04. The number of halogens is 1. The van der Waals surface area contributed by atoms with Gasteiger partial charge in [0.15, 0.2) is 0 Å². The molecule has 1 rings (SSSR count). The monoisotopic (exact) mass is 223 g/mol. The van der Waals surface area contributed by atoms with Crippen molar-refractivity contribution in [2.75, 3.05) is 32.1 Å². The van der Waals surface area contributed by atoms with Crippen LogP contribution in [0.5, 0.6) is 0 Å². The number of benzene rings is 1. The Hall–Kier alpha value is -1.24. The Morgan fingerprint density at radius 1 is 1.53 bits per heavy atom. The van der Waals surface area contributed by atoms with Gasteiger partial charge in [0.2, 0.25) is 0 Å². The molecule has 0 radical (unpaired) electrons. The molecule has 0 fully saturated rings. The fourth-order valence-electron chi connectivity index (χ4n) is 1.24. The van der Waals surface area contributed by atoms with Gasteiger partial charge in [-0.15, -0.1) is 0 Å². The van der Waals surface area contributed by atoms with E-state index in [4.69, 9.17) is 16.9 Å². The van der Waals surface area contributed by atoms with Crippen molar-refractivity contribution < 1.29 is 0 Å². The molecule has 0 aliphatic carbocycles. The van der Waals surface area contributed by atoms with Crippen LogP contribution in [0.25, 0.3) is 0 Å². The zero-order chi connectivity index (χ0) is 11.3. The van der Waals surface area contributed by atoms with Gasteiger partial charge in [-0.25, -0.2) is 0 Å². The molecule has 0 aliphatic heterocycles. The van der Waals surface area contributed by atoms with E-state index in [-0.39, 0.29) is 0 Å². The molecule has 80 valence electrons. The Balaban J connectivity index is 2.79. The summed E-state index contributed by atoms with van der Waals surface area (Å²) in [5, 5.41) is 12.3. The summed E-state index contributed by atoms with van der Waals surface area (Å²) in [5.41, 5.74) is 1.54. The molecule has 0 aromatic heterocycles. The second-order valence-corrected chi connectivity index (χ2v) is 3.71. The van der Waals surface area contributed by atoms with Crippen molar-refractivity contribution in [3.8, 4) is 6.07 Å². The highest BCUT2D eigenvalue weighted by Crippen LogP contribution is 2.22. The molecule has 1 aromatic carbocycles. The Morgan fingerprint density at radius 2 is 2.27 bits per heavy atom. The Labute approximate surface area is 95.3 Å². The zero-order valence-electron chi connectivity index (χ0n) is 8.92. The van der Waals surface area contributed by atoms with Crippen LogP contribution in [-0.4, -0.2) is 27.2 Å². The molecule has 0 unspecified atom stereocenters. The number of rotatable bonds is 4. The van der Waals surface area contributed by atoms with E-state index in [2.05, 4.69) is 10.2 Å². The Kier molecular flexibility index (Phi) is 4.41. The average molecular weight is 224 g/mol. The first kappa shape index (κ1) is 11.8. The van der Waals surface area contributed by atoms with Gasteiger partial charge in [0.1, 0.15) is 6.07 Å². The smallest absolute Gasteiger partial charge is 0.101 e. The van der Waals surface area contributed by atoms with Crippen LogP contribution in [-0.2, 0) is 0 Å². The lowest BCUT2D eigenvalue weighted by Gasteiger charge is -2.19. The van der Waals surface area contributed by atoms with Crippen LogP contribution in [0.15, 0.2) is 18.2 Å². The molecule has 0 heterocycles. The fourth-order valence-corrected chi connectivity index (χ4v) is 1.46. The summed E-state index contributed by atoms with van der Waals surface area (Å²) in [6.45, 7) is 1.81. The van der Waals surface area contributed by atoms with E-state index in [0.717, 1.165) is 18.8 Å². The van der Waals surface area contributed by atoms with Crippen LogP contribution in [0.2, 0.25) is 5.02 Å². The highest BCUT2D eigenvalue weighted by atomic mass is 35.5. The Morgan fingerprint density at radius 3 is 2.80 bits per heavy atom. The summed E-state index contributed by atoms with van der Waals surface area (Å²) >= 11 is 5.94. The molecule has 0 saturated heterocycles. The van der Waals surface area contributed by atoms with E-state index >= 15 is 0 Å². The van der Waals surface area contributed by atoms with Crippen LogP contribution in [0.4, 0.5) is 5.69 Å². The van der Waals surface area contributed by atoms with Crippen molar-refractivity contribution in [3.63, 3.8) is 0 Å². The second kappa shape index (κ2) is 5.59. The summed E-state index contributed by atoms with van der Waals surface area (Å²) in [4.78, 5) is 2.09. The van der Waals surface area contributed by atoms with Gasteiger partial charge < -0.3 is 10.2 Å². The van der Waals surface area contributed by atoms with Gasteiger partial charge in [0.25, 0.3) is 0 Å². The van der Waals surface area contributed by atoms with Crippen molar-refractivity contribution in [1.82, 2.24) is 5.32 Å². The molecule has 0 amide bonds. The minimum absolute atomic E-state index is 0.506. The maximum Gasteiger partial charge on any atom is 0.101 e. The predicted molar refractivity (Wildman–Crippen MR) is 63.4 cm³/mol. The number of hydrogen-bond donors (Lipinski definition) is 1. The Bertz CT molecular complexity index is 371. The lowest BCUT2D eigenvalue weighted by atomic mass is 10.2. The summed E-state index contributed by atoms with van der Waals surface area (Å²) < 4.78 is 0. The van der Waals surface area contributed by atoms with E-state index in [1.807, 2.05) is 32.3 Å². The first-order valence-corrected chi connectivity index (χ1v) is 5.12. The number of hydrogen-bond acceptors (Lipinski definition) is 3. The summed E-state index contributed by atoms with van der Waals surface area (Å²) in [6.07, 6.45) is 0.